The molecule has 0 saturated heterocycles. The minimum Gasteiger partial charge on any atom is -0.330 e. The van der Waals surface area contributed by atoms with Gasteiger partial charge in [0.15, 0.2) is 0 Å². The summed E-state index contributed by atoms with van der Waals surface area (Å²) >= 11 is 0. The van der Waals surface area contributed by atoms with Gasteiger partial charge in [0.1, 0.15) is 0 Å². The average molecular weight is 380 g/mol. The van der Waals surface area contributed by atoms with Crippen molar-refractivity contribution in [2.45, 2.75) is 58.5 Å². The topological polar surface area (TPSA) is 41.6 Å². The summed E-state index contributed by atoms with van der Waals surface area (Å²) in [6.07, 6.45) is 7.74. The summed E-state index contributed by atoms with van der Waals surface area (Å²) < 4.78 is 0. The number of aliphatic imine (C=N–C) groups is 1. The second-order valence-electron chi connectivity index (χ2n) is 7.52. The van der Waals surface area contributed by atoms with Crippen LogP contribution in [0.5, 0.6) is 0 Å². The van der Waals surface area contributed by atoms with Crippen molar-refractivity contribution in [3.63, 3.8) is 0 Å². The SMILES string of the molecule is CCCN(CCC)C(CCCN)Cc1ccc(CN=Cc2ccccc2)cc1. The van der Waals surface area contributed by atoms with Gasteiger partial charge in [-0.1, -0.05) is 68.4 Å². The quantitative estimate of drug-likeness (QED) is 0.493. The molecule has 3 nitrogen and oxygen atoms in total. The smallest absolute Gasteiger partial charge is 0.0639 e. The Morgan fingerprint density at radius 1 is 0.929 bits per heavy atom. The average Bonchev–Trinajstić information content (AvgIpc) is 2.73. The third-order valence-corrected chi connectivity index (χ3v) is 5.09. The molecule has 2 aromatic rings. The molecule has 0 amide bonds. The summed E-state index contributed by atoms with van der Waals surface area (Å²) in [5.41, 5.74) is 9.61. The van der Waals surface area contributed by atoms with Crippen LogP contribution in [0.1, 0.15) is 56.2 Å². The molecule has 0 heterocycles. The highest BCUT2D eigenvalue weighted by molar-refractivity contribution is 5.79. The lowest BCUT2D eigenvalue weighted by molar-refractivity contribution is 0.183. The number of benzene rings is 2. The van der Waals surface area contributed by atoms with Gasteiger partial charge >= 0.3 is 0 Å². The maximum absolute atomic E-state index is 5.79. The van der Waals surface area contributed by atoms with Crippen LogP contribution in [0.15, 0.2) is 59.6 Å². The first-order chi connectivity index (χ1) is 13.8. The molecular weight excluding hydrogens is 342 g/mol. The number of nitrogens with two attached hydrogens (primary N) is 1. The van der Waals surface area contributed by atoms with Gasteiger partial charge in [-0.25, -0.2) is 0 Å². The van der Waals surface area contributed by atoms with Gasteiger partial charge in [0, 0.05) is 12.3 Å². The Morgan fingerprint density at radius 2 is 1.57 bits per heavy atom. The van der Waals surface area contributed by atoms with Crippen molar-refractivity contribution in [2.24, 2.45) is 10.7 Å². The third-order valence-electron chi connectivity index (χ3n) is 5.09. The summed E-state index contributed by atoms with van der Waals surface area (Å²) in [6.45, 7) is 8.40. The van der Waals surface area contributed by atoms with Crippen molar-refractivity contribution in [1.82, 2.24) is 4.90 Å². The van der Waals surface area contributed by atoms with Crippen molar-refractivity contribution >= 4 is 6.21 Å². The molecule has 0 aliphatic carbocycles. The Morgan fingerprint density at radius 3 is 2.18 bits per heavy atom. The van der Waals surface area contributed by atoms with E-state index in [1.807, 2.05) is 24.4 Å². The Bertz CT molecular complexity index is 658. The van der Waals surface area contributed by atoms with E-state index >= 15 is 0 Å². The Kier molecular flexibility index (Phi) is 10.6. The molecule has 1 unspecified atom stereocenters. The highest BCUT2D eigenvalue weighted by Gasteiger charge is 2.17. The molecule has 0 bridgehead atoms. The van der Waals surface area contributed by atoms with Crippen molar-refractivity contribution in [1.29, 1.82) is 0 Å². The van der Waals surface area contributed by atoms with Crippen molar-refractivity contribution in [3.8, 4) is 0 Å². The molecule has 0 saturated carbocycles. The fourth-order valence-electron chi connectivity index (χ4n) is 3.67. The third kappa shape index (κ3) is 7.95. The van der Waals surface area contributed by atoms with Gasteiger partial charge in [-0.05, 0) is 68.4 Å². The van der Waals surface area contributed by atoms with Crippen molar-refractivity contribution in [2.75, 3.05) is 19.6 Å². The van der Waals surface area contributed by atoms with E-state index in [0.29, 0.717) is 6.04 Å². The molecule has 152 valence electrons. The minimum atomic E-state index is 0.588. The Hall–Kier alpha value is -1.97. The minimum absolute atomic E-state index is 0.588. The van der Waals surface area contributed by atoms with E-state index in [9.17, 15) is 0 Å². The van der Waals surface area contributed by atoms with Gasteiger partial charge in [0.25, 0.3) is 0 Å². The molecule has 0 aliphatic rings. The molecular formula is C25H37N3. The summed E-state index contributed by atoms with van der Waals surface area (Å²) in [7, 11) is 0. The van der Waals surface area contributed by atoms with Gasteiger partial charge in [0.2, 0.25) is 0 Å². The summed E-state index contributed by atoms with van der Waals surface area (Å²) in [6, 6.07) is 19.8. The first-order valence-corrected chi connectivity index (χ1v) is 10.8. The summed E-state index contributed by atoms with van der Waals surface area (Å²) in [4.78, 5) is 7.23. The molecule has 2 N–H and O–H groups in total. The predicted molar refractivity (Wildman–Crippen MR) is 122 cm³/mol. The van der Waals surface area contributed by atoms with Crippen LogP contribution in [-0.2, 0) is 13.0 Å². The van der Waals surface area contributed by atoms with Crippen molar-refractivity contribution in [3.05, 3.63) is 71.3 Å². The maximum atomic E-state index is 5.79. The number of rotatable bonds is 13. The number of nitrogens with zero attached hydrogens (tertiary/aromatic N) is 2. The van der Waals surface area contributed by atoms with Crippen LogP contribution in [0.25, 0.3) is 0 Å². The van der Waals surface area contributed by atoms with Gasteiger partial charge < -0.3 is 10.6 Å². The second-order valence-corrected chi connectivity index (χ2v) is 7.52. The molecule has 0 spiro atoms. The van der Waals surface area contributed by atoms with E-state index in [0.717, 1.165) is 31.5 Å². The zero-order valence-corrected chi connectivity index (χ0v) is 17.7. The lowest BCUT2D eigenvalue weighted by Gasteiger charge is -2.31. The lowest BCUT2D eigenvalue weighted by atomic mass is 9.98. The molecule has 2 aromatic carbocycles. The molecule has 28 heavy (non-hydrogen) atoms. The highest BCUT2D eigenvalue weighted by Crippen LogP contribution is 2.16. The van der Waals surface area contributed by atoms with Crippen LogP contribution in [0.3, 0.4) is 0 Å². The van der Waals surface area contributed by atoms with E-state index in [1.54, 1.807) is 0 Å². The fourth-order valence-corrected chi connectivity index (χ4v) is 3.67. The summed E-state index contributed by atoms with van der Waals surface area (Å²) in [5, 5.41) is 0. The number of hydrogen-bond donors (Lipinski definition) is 1. The van der Waals surface area contributed by atoms with E-state index in [1.165, 1.54) is 43.5 Å². The zero-order valence-electron chi connectivity index (χ0n) is 17.7. The van der Waals surface area contributed by atoms with Crippen LogP contribution < -0.4 is 5.73 Å². The van der Waals surface area contributed by atoms with Crippen LogP contribution in [0.2, 0.25) is 0 Å². The normalized spacial score (nSPS) is 12.7. The van der Waals surface area contributed by atoms with Gasteiger partial charge in [0.05, 0.1) is 6.54 Å². The van der Waals surface area contributed by atoms with E-state index in [-0.39, 0.29) is 0 Å². The first-order valence-electron chi connectivity index (χ1n) is 10.8. The fraction of sp³-hybridized carbons (Fsp3) is 0.480. The monoisotopic (exact) mass is 379 g/mol. The summed E-state index contributed by atoms with van der Waals surface area (Å²) in [5.74, 6) is 0. The van der Waals surface area contributed by atoms with Crippen LogP contribution in [0, 0.1) is 0 Å². The largest absolute Gasteiger partial charge is 0.330 e. The van der Waals surface area contributed by atoms with Crippen molar-refractivity contribution < 1.29 is 0 Å². The van der Waals surface area contributed by atoms with Crippen LogP contribution in [0.4, 0.5) is 0 Å². The van der Waals surface area contributed by atoms with Gasteiger partial charge in [-0.2, -0.15) is 0 Å². The molecule has 3 heteroatoms. The van der Waals surface area contributed by atoms with E-state index in [4.69, 9.17) is 5.73 Å². The molecule has 2 rings (SSSR count). The zero-order chi connectivity index (χ0) is 20.0. The van der Waals surface area contributed by atoms with E-state index < -0.39 is 0 Å². The molecule has 1 atom stereocenters. The molecule has 0 fully saturated rings. The molecule has 0 radical (unpaired) electrons. The Balaban J connectivity index is 1.96. The Labute approximate surface area is 171 Å². The lowest BCUT2D eigenvalue weighted by Crippen LogP contribution is -2.38. The molecule has 0 aromatic heterocycles. The number of hydrogen-bond acceptors (Lipinski definition) is 3. The standard InChI is InChI=1S/C25H37N3/c1-3-17-28(18-4-2)25(11-8-16-26)19-22-12-14-24(15-13-22)21-27-20-23-9-6-5-7-10-23/h5-7,9-10,12-15,20,25H,3-4,8,11,16-19,21,26H2,1-2H3. The van der Waals surface area contributed by atoms with Gasteiger partial charge in [-0.3, -0.25) is 4.99 Å². The van der Waals surface area contributed by atoms with E-state index in [2.05, 4.69) is 60.1 Å². The van der Waals surface area contributed by atoms with Crippen LogP contribution in [-0.4, -0.2) is 36.8 Å². The highest BCUT2D eigenvalue weighted by atomic mass is 15.1. The first kappa shape index (κ1) is 22.3. The van der Waals surface area contributed by atoms with Gasteiger partial charge in [-0.15, -0.1) is 0 Å². The second kappa shape index (κ2) is 13.2. The predicted octanol–water partition coefficient (Wildman–Crippen LogP) is 5.08. The molecule has 0 aliphatic heterocycles. The maximum Gasteiger partial charge on any atom is 0.0639 e. The van der Waals surface area contributed by atoms with Crippen LogP contribution >= 0.6 is 0 Å².